The van der Waals surface area contributed by atoms with Gasteiger partial charge < -0.3 is 14.2 Å². The number of ether oxygens (including phenoxy) is 3. The zero-order valence-electron chi connectivity index (χ0n) is 15.4. The first kappa shape index (κ1) is 18.4. The highest BCUT2D eigenvalue weighted by Gasteiger charge is 2.46. The Morgan fingerprint density at radius 3 is 2.67 bits per heavy atom. The standard InChI is InChI=1S/C19H26N2O6/c22-15-8-11-21(18(24)20-15)16-7-6-14(26-16)12-25-17(23)19(27-13-4-5-13)9-2-1-3-10-19/h8,11,13-14,16H,1-7,9-10,12H2,(H,20,22,24). The Labute approximate surface area is 156 Å². The molecular formula is C19H26N2O6. The third kappa shape index (κ3) is 4.16. The summed E-state index contributed by atoms with van der Waals surface area (Å²) in [4.78, 5) is 38.1. The van der Waals surface area contributed by atoms with Crippen LogP contribution in [0.15, 0.2) is 21.9 Å². The summed E-state index contributed by atoms with van der Waals surface area (Å²) in [5.41, 5.74) is -1.72. The number of nitrogens with zero attached hydrogens (tertiary/aromatic N) is 1. The van der Waals surface area contributed by atoms with Crippen molar-refractivity contribution in [2.75, 3.05) is 6.61 Å². The van der Waals surface area contributed by atoms with Gasteiger partial charge in [0.05, 0.1) is 12.2 Å². The van der Waals surface area contributed by atoms with Crippen molar-refractivity contribution in [3.63, 3.8) is 0 Å². The minimum Gasteiger partial charge on any atom is -0.461 e. The molecule has 2 saturated carbocycles. The minimum atomic E-state index is -0.784. The summed E-state index contributed by atoms with van der Waals surface area (Å²) in [6, 6.07) is 1.29. The van der Waals surface area contributed by atoms with Crippen molar-refractivity contribution in [1.82, 2.24) is 9.55 Å². The smallest absolute Gasteiger partial charge is 0.338 e. The number of aromatic nitrogens is 2. The minimum absolute atomic E-state index is 0.156. The number of H-pyrrole nitrogens is 1. The summed E-state index contributed by atoms with van der Waals surface area (Å²) < 4.78 is 18.9. The highest BCUT2D eigenvalue weighted by atomic mass is 16.6. The van der Waals surface area contributed by atoms with Gasteiger partial charge >= 0.3 is 11.7 Å². The number of esters is 1. The van der Waals surface area contributed by atoms with Crippen LogP contribution in [0, 0.1) is 0 Å². The molecule has 0 amide bonds. The van der Waals surface area contributed by atoms with Crippen molar-refractivity contribution in [2.24, 2.45) is 0 Å². The largest absolute Gasteiger partial charge is 0.461 e. The molecule has 27 heavy (non-hydrogen) atoms. The van der Waals surface area contributed by atoms with E-state index in [-0.39, 0.29) is 24.8 Å². The Balaban J connectivity index is 1.33. The molecule has 0 bridgehead atoms. The number of rotatable bonds is 6. The van der Waals surface area contributed by atoms with Crippen LogP contribution in [0.2, 0.25) is 0 Å². The van der Waals surface area contributed by atoms with Gasteiger partial charge in [0.2, 0.25) is 0 Å². The summed E-state index contributed by atoms with van der Waals surface area (Å²) in [6.45, 7) is 0.156. The molecule has 8 heteroatoms. The molecule has 1 N–H and O–H groups in total. The number of hydrogen-bond acceptors (Lipinski definition) is 6. The molecule has 2 unspecified atom stereocenters. The Hall–Kier alpha value is -1.93. The normalized spacial score (nSPS) is 27.4. The van der Waals surface area contributed by atoms with Crippen LogP contribution < -0.4 is 11.2 Å². The van der Waals surface area contributed by atoms with E-state index in [9.17, 15) is 14.4 Å². The molecule has 2 atom stereocenters. The molecule has 0 aromatic carbocycles. The fourth-order valence-electron chi connectivity index (χ4n) is 3.97. The molecule has 0 spiro atoms. The van der Waals surface area contributed by atoms with E-state index in [1.807, 2.05) is 0 Å². The Bertz CT molecular complexity index is 790. The lowest BCUT2D eigenvalue weighted by Gasteiger charge is -2.35. The molecule has 1 aromatic rings. The predicted octanol–water partition coefficient (Wildman–Crippen LogP) is 1.64. The third-order valence-electron chi connectivity index (χ3n) is 5.60. The molecule has 148 valence electrons. The lowest BCUT2D eigenvalue weighted by molar-refractivity contribution is -0.183. The summed E-state index contributed by atoms with van der Waals surface area (Å²) in [6.07, 6.45) is 8.82. The molecule has 2 heterocycles. The zero-order chi connectivity index (χ0) is 18.9. The predicted molar refractivity (Wildman–Crippen MR) is 95.3 cm³/mol. The van der Waals surface area contributed by atoms with Crippen LogP contribution in [0.25, 0.3) is 0 Å². The van der Waals surface area contributed by atoms with E-state index in [0.717, 1.165) is 44.9 Å². The summed E-state index contributed by atoms with van der Waals surface area (Å²) in [5.74, 6) is -0.276. The quantitative estimate of drug-likeness (QED) is 0.756. The highest BCUT2D eigenvalue weighted by molar-refractivity contribution is 5.79. The molecule has 3 aliphatic rings. The first-order valence-corrected chi connectivity index (χ1v) is 9.88. The monoisotopic (exact) mass is 378 g/mol. The molecule has 2 aliphatic carbocycles. The van der Waals surface area contributed by atoms with Gasteiger partial charge in [0.1, 0.15) is 12.8 Å². The topological polar surface area (TPSA) is 99.6 Å². The molecular weight excluding hydrogens is 352 g/mol. The van der Waals surface area contributed by atoms with Gasteiger partial charge in [-0.15, -0.1) is 0 Å². The fourth-order valence-corrected chi connectivity index (χ4v) is 3.97. The van der Waals surface area contributed by atoms with Crippen LogP contribution in [-0.2, 0) is 19.0 Å². The van der Waals surface area contributed by atoms with Crippen molar-refractivity contribution in [3.05, 3.63) is 33.1 Å². The molecule has 1 aliphatic heterocycles. The number of carbonyl (C=O) groups is 1. The summed E-state index contributed by atoms with van der Waals surface area (Å²) in [5, 5.41) is 0. The Morgan fingerprint density at radius 1 is 1.19 bits per heavy atom. The number of nitrogens with one attached hydrogen (secondary N) is 1. The van der Waals surface area contributed by atoms with Crippen LogP contribution in [0.3, 0.4) is 0 Å². The number of hydrogen-bond donors (Lipinski definition) is 1. The van der Waals surface area contributed by atoms with Crippen molar-refractivity contribution in [3.8, 4) is 0 Å². The van der Waals surface area contributed by atoms with Gasteiger partial charge in [0, 0.05) is 12.3 Å². The summed E-state index contributed by atoms with van der Waals surface area (Å²) in [7, 11) is 0. The van der Waals surface area contributed by atoms with E-state index in [4.69, 9.17) is 14.2 Å². The number of aromatic amines is 1. The van der Waals surface area contributed by atoms with Crippen molar-refractivity contribution < 1.29 is 19.0 Å². The average molecular weight is 378 g/mol. The molecule has 0 radical (unpaired) electrons. The van der Waals surface area contributed by atoms with E-state index in [2.05, 4.69) is 4.98 Å². The molecule has 1 aromatic heterocycles. The third-order valence-corrected chi connectivity index (χ3v) is 5.60. The van der Waals surface area contributed by atoms with Crippen LogP contribution in [-0.4, -0.2) is 39.9 Å². The zero-order valence-corrected chi connectivity index (χ0v) is 15.4. The second kappa shape index (κ2) is 7.59. The first-order valence-electron chi connectivity index (χ1n) is 9.88. The molecule has 1 saturated heterocycles. The maximum atomic E-state index is 12.8. The maximum absolute atomic E-state index is 12.8. The molecule has 4 rings (SSSR count). The van der Waals surface area contributed by atoms with Crippen molar-refractivity contribution in [2.45, 2.75) is 81.8 Å². The SMILES string of the molecule is O=C(OCC1CCC(n2ccc(=O)[nH]c2=O)O1)C1(OC2CC2)CCCCC1. The summed E-state index contributed by atoms with van der Waals surface area (Å²) >= 11 is 0. The molecule has 8 nitrogen and oxygen atoms in total. The lowest BCUT2D eigenvalue weighted by Crippen LogP contribution is -2.46. The Morgan fingerprint density at radius 2 is 1.96 bits per heavy atom. The molecule has 3 fully saturated rings. The van der Waals surface area contributed by atoms with Gasteiger partial charge in [0.15, 0.2) is 5.60 Å². The van der Waals surface area contributed by atoms with Crippen LogP contribution in [0.4, 0.5) is 0 Å². The van der Waals surface area contributed by atoms with Crippen LogP contribution >= 0.6 is 0 Å². The van der Waals surface area contributed by atoms with E-state index >= 15 is 0 Å². The van der Waals surface area contributed by atoms with Gasteiger partial charge in [-0.3, -0.25) is 14.3 Å². The van der Waals surface area contributed by atoms with Crippen LogP contribution in [0.1, 0.15) is 64.0 Å². The van der Waals surface area contributed by atoms with Gasteiger partial charge in [-0.2, -0.15) is 0 Å². The van der Waals surface area contributed by atoms with E-state index in [1.165, 1.54) is 16.8 Å². The Kier molecular flexibility index (Phi) is 5.19. The second-order valence-corrected chi connectivity index (χ2v) is 7.78. The van der Waals surface area contributed by atoms with Gasteiger partial charge in [-0.05, 0) is 51.4 Å². The van der Waals surface area contributed by atoms with Crippen molar-refractivity contribution in [1.29, 1.82) is 0 Å². The fraction of sp³-hybridized carbons (Fsp3) is 0.737. The van der Waals surface area contributed by atoms with E-state index in [0.29, 0.717) is 12.8 Å². The number of carbonyl (C=O) groups excluding carboxylic acids is 1. The van der Waals surface area contributed by atoms with Crippen molar-refractivity contribution >= 4 is 5.97 Å². The van der Waals surface area contributed by atoms with Gasteiger partial charge in [0.25, 0.3) is 5.56 Å². The maximum Gasteiger partial charge on any atom is 0.338 e. The van der Waals surface area contributed by atoms with Crippen LogP contribution in [0.5, 0.6) is 0 Å². The first-order chi connectivity index (χ1) is 13.1. The van der Waals surface area contributed by atoms with E-state index in [1.54, 1.807) is 0 Å². The highest BCUT2D eigenvalue weighted by Crippen LogP contribution is 2.39. The van der Waals surface area contributed by atoms with E-state index < -0.39 is 23.1 Å². The second-order valence-electron chi connectivity index (χ2n) is 7.78. The van der Waals surface area contributed by atoms with Gasteiger partial charge in [-0.25, -0.2) is 9.59 Å². The average Bonchev–Trinajstić information content (AvgIpc) is 3.34. The lowest BCUT2D eigenvalue weighted by atomic mass is 9.84. The van der Waals surface area contributed by atoms with Gasteiger partial charge in [-0.1, -0.05) is 6.42 Å².